The fraction of sp³-hybridized carbons (Fsp3) is 0. The minimum atomic E-state index is -3.45. The van der Waals surface area contributed by atoms with E-state index in [4.69, 9.17) is 5.73 Å². The van der Waals surface area contributed by atoms with E-state index >= 15 is 0 Å². The first-order chi connectivity index (χ1) is 11.1. The first kappa shape index (κ1) is 15.3. The molecule has 0 fully saturated rings. The second kappa shape index (κ2) is 6.23. The molecule has 0 unspecified atom stereocenters. The summed E-state index contributed by atoms with van der Waals surface area (Å²) in [6, 6.07) is 24.4. The zero-order valence-corrected chi connectivity index (χ0v) is 13.3. The number of hydrogen-bond acceptors (Lipinski definition) is 3. The Morgan fingerprint density at radius 3 is 1.74 bits per heavy atom. The van der Waals surface area contributed by atoms with Crippen LogP contribution in [0.4, 0.5) is 5.69 Å². The average Bonchev–Trinajstić information content (AvgIpc) is 2.62. The van der Waals surface area contributed by atoms with E-state index in [1.165, 1.54) is 0 Å². The highest BCUT2D eigenvalue weighted by Crippen LogP contribution is 2.46. The molecule has 3 aromatic rings. The Morgan fingerprint density at radius 2 is 1.26 bits per heavy atom. The quantitative estimate of drug-likeness (QED) is 0.591. The monoisotopic (exact) mass is 321 g/mol. The molecule has 0 aliphatic carbocycles. The number of carbonyl (C=O) groups is 1. The number of carbonyl (C=O) groups excluding carboxylic acids is 1. The lowest BCUT2D eigenvalue weighted by Gasteiger charge is -2.18. The van der Waals surface area contributed by atoms with Crippen LogP contribution in [0, 0.1) is 0 Å². The van der Waals surface area contributed by atoms with Crippen molar-refractivity contribution in [2.45, 2.75) is 0 Å². The van der Waals surface area contributed by atoms with Crippen LogP contribution in [0.15, 0.2) is 84.9 Å². The Hall–Kier alpha value is -2.64. The van der Waals surface area contributed by atoms with Crippen molar-refractivity contribution >= 4 is 29.0 Å². The van der Waals surface area contributed by atoms with Gasteiger partial charge >= 0.3 is 0 Å². The van der Waals surface area contributed by atoms with Gasteiger partial charge in [-0.2, -0.15) is 0 Å². The fourth-order valence-corrected chi connectivity index (χ4v) is 4.97. The normalized spacial score (nSPS) is 11.1. The fourth-order valence-electron chi connectivity index (χ4n) is 2.51. The molecule has 3 nitrogen and oxygen atoms in total. The van der Waals surface area contributed by atoms with Gasteiger partial charge in [0.15, 0.2) is 0 Å². The molecule has 0 bridgehead atoms. The standard InChI is InChI=1S/C19H16NO2P/c20-16-9-7-8-15(14-16)19(21)23(22,17-10-3-1-4-11-17)18-12-5-2-6-13-18/h1-14H,20H2. The van der Waals surface area contributed by atoms with Gasteiger partial charge in [0.2, 0.25) is 12.7 Å². The van der Waals surface area contributed by atoms with Crippen LogP contribution in [0.5, 0.6) is 0 Å². The number of benzene rings is 3. The maximum Gasteiger partial charge on any atom is 0.230 e. The van der Waals surface area contributed by atoms with Crippen LogP contribution in [0.1, 0.15) is 10.4 Å². The van der Waals surface area contributed by atoms with Gasteiger partial charge in [-0.1, -0.05) is 72.8 Å². The molecule has 0 atom stereocenters. The van der Waals surface area contributed by atoms with E-state index in [1.54, 1.807) is 72.8 Å². The third kappa shape index (κ3) is 2.84. The summed E-state index contributed by atoms with van der Waals surface area (Å²) in [6.07, 6.45) is 0. The summed E-state index contributed by atoms with van der Waals surface area (Å²) in [7, 11) is -3.45. The highest BCUT2D eigenvalue weighted by molar-refractivity contribution is 7.93. The molecule has 0 aromatic heterocycles. The van der Waals surface area contributed by atoms with Gasteiger partial charge in [-0.15, -0.1) is 0 Å². The highest BCUT2D eigenvalue weighted by atomic mass is 31.2. The number of rotatable bonds is 4. The predicted molar refractivity (Wildman–Crippen MR) is 94.9 cm³/mol. The van der Waals surface area contributed by atoms with E-state index in [9.17, 15) is 9.36 Å². The third-order valence-corrected chi connectivity index (χ3v) is 6.54. The summed E-state index contributed by atoms with van der Waals surface area (Å²) in [5, 5.41) is 1.05. The second-order valence-corrected chi connectivity index (χ2v) is 7.87. The average molecular weight is 321 g/mol. The topological polar surface area (TPSA) is 60.2 Å². The van der Waals surface area contributed by atoms with Crippen molar-refractivity contribution in [3.8, 4) is 0 Å². The highest BCUT2D eigenvalue weighted by Gasteiger charge is 2.36. The maximum absolute atomic E-state index is 13.8. The molecule has 0 amide bonds. The van der Waals surface area contributed by atoms with Gasteiger partial charge in [-0.25, -0.2) is 0 Å². The van der Waals surface area contributed by atoms with Gasteiger partial charge in [-0.3, -0.25) is 4.79 Å². The number of nitrogen functional groups attached to an aromatic ring is 1. The molecule has 23 heavy (non-hydrogen) atoms. The van der Waals surface area contributed by atoms with Crippen LogP contribution in [0.3, 0.4) is 0 Å². The van der Waals surface area contributed by atoms with Gasteiger partial charge in [0.25, 0.3) is 0 Å². The predicted octanol–water partition coefficient (Wildman–Crippen LogP) is 3.42. The summed E-state index contributed by atoms with van der Waals surface area (Å²) in [5.41, 5.74) is 6.21. The molecule has 3 aromatic carbocycles. The van der Waals surface area contributed by atoms with Crippen LogP contribution >= 0.6 is 7.14 Å². The van der Waals surface area contributed by atoms with Gasteiger partial charge in [0, 0.05) is 21.9 Å². The van der Waals surface area contributed by atoms with Crippen molar-refractivity contribution in [1.82, 2.24) is 0 Å². The molecular weight excluding hydrogens is 305 g/mol. The van der Waals surface area contributed by atoms with Crippen LogP contribution in [-0.2, 0) is 4.57 Å². The van der Waals surface area contributed by atoms with E-state index < -0.39 is 12.7 Å². The smallest absolute Gasteiger partial charge is 0.230 e. The lowest BCUT2D eigenvalue weighted by atomic mass is 10.2. The number of nitrogens with two attached hydrogens (primary N) is 1. The Bertz CT molecular complexity index is 833. The van der Waals surface area contributed by atoms with Gasteiger partial charge in [0.1, 0.15) is 0 Å². The van der Waals surface area contributed by atoms with E-state index in [-0.39, 0.29) is 0 Å². The Kier molecular flexibility index (Phi) is 4.14. The molecule has 0 heterocycles. The molecule has 0 saturated carbocycles. The summed E-state index contributed by atoms with van der Waals surface area (Å²) in [4.78, 5) is 13.1. The van der Waals surface area contributed by atoms with E-state index in [1.807, 2.05) is 12.1 Å². The lowest BCUT2D eigenvalue weighted by Crippen LogP contribution is -2.22. The van der Waals surface area contributed by atoms with Crippen molar-refractivity contribution in [3.63, 3.8) is 0 Å². The van der Waals surface area contributed by atoms with Crippen molar-refractivity contribution in [2.75, 3.05) is 5.73 Å². The van der Waals surface area contributed by atoms with E-state index in [2.05, 4.69) is 0 Å². The summed E-state index contributed by atoms with van der Waals surface area (Å²) < 4.78 is 13.8. The largest absolute Gasteiger partial charge is 0.399 e. The van der Waals surface area contributed by atoms with Crippen LogP contribution in [0.2, 0.25) is 0 Å². The molecular formula is C19H16NO2P. The van der Waals surface area contributed by atoms with Crippen molar-refractivity contribution < 1.29 is 9.36 Å². The SMILES string of the molecule is Nc1cccc(C(=O)P(=O)(c2ccccc2)c2ccccc2)c1. The molecule has 0 aliphatic rings. The summed E-state index contributed by atoms with van der Waals surface area (Å²) >= 11 is 0. The zero-order valence-electron chi connectivity index (χ0n) is 12.4. The maximum atomic E-state index is 13.8. The number of hydrogen-bond donors (Lipinski definition) is 1. The van der Waals surface area contributed by atoms with Gasteiger partial charge < -0.3 is 10.3 Å². The minimum Gasteiger partial charge on any atom is -0.399 e. The number of anilines is 1. The molecule has 0 aliphatic heterocycles. The second-order valence-electron chi connectivity index (χ2n) is 5.21. The zero-order chi connectivity index (χ0) is 16.3. The van der Waals surface area contributed by atoms with Crippen molar-refractivity contribution in [3.05, 3.63) is 90.5 Å². The molecule has 3 rings (SSSR count). The molecule has 114 valence electrons. The first-order valence-corrected chi connectivity index (χ1v) is 8.95. The van der Waals surface area contributed by atoms with Crippen molar-refractivity contribution in [1.29, 1.82) is 0 Å². The van der Waals surface area contributed by atoms with Gasteiger partial charge in [0.05, 0.1) is 0 Å². The minimum absolute atomic E-state index is 0.362. The molecule has 0 saturated heterocycles. The Balaban J connectivity index is 2.21. The summed E-state index contributed by atoms with van der Waals surface area (Å²) in [6.45, 7) is 0. The lowest BCUT2D eigenvalue weighted by molar-refractivity contribution is 0.107. The molecule has 2 N–H and O–H groups in total. The van der Waals surface area contributed by atoms with E-state index in [0.29, 0.717) is 21.9 Å². The molecule has 0 radical (unpaired) electrons. The summed E-state index contributed by atoms with van der Waals surface area (Å²) in [5.74, 6) is 0. The Morgan fingerprint density at radius 1 is 0.739 bits per heavy atom. The third-order valence-electron chi connectivity index (χ3n) is 3.66. The van der Waals surface area contributed by atoms with Crippen LogP contribution in [-0.4, -0.2) is 5.52 Å². The molecule has 4 heteroatoms. The van der Waals surface area contributed by atoms with Crippen LogP contribution < -0.4 is 16.3 Å². The Labute approximate surface area is 135 Å². The first-order valence-electron chi connectivity index (χ1n) is 7.24. The van der Waals surface area contributed by atoms with Gasteiger partial charge in [-0.05, 0) is 12.1 Å². The van der Waals surface area contributed by atoms with Crippen LogP contribution in [0.25, 0.3) is 0 Å². The van der Waals surface area contributed by atoms with E-state index in [0.717, 1.165) is 0 Å². The molecule has 0 spiro atoms. The van der Waals surface area contributed by atoms with Crippen molar-refractivity contribution in [2.24, 2.45) is 0 Å².